The Balaban J connectivity index is 1.59. The van der Waals surface area contributed by atoms with Gasteiger partial charge >= 0.3 is 0 Å². The fraction of sp³-hybridized carbons (Fsp3) is 0.708. The third kappa shape index (κ3) is 3.45. The number of fused-ring (bicyclic) bond motifs is 4. The van der Waals surface area contributed by atoms with Crippen LogP contribution in [0.15, 0.2) is 18.2 Å². The minimum Gasteiger partial charge on any atom is -0.508 e. The number of carbonyl (C=O) groups excluding carboxylic acids is 1. The Morgan fingerprint density at radius 1 is 1.32 bits per heavy atom. The number of amides is 1. The number of phenols is 1. The molecule has 1 heterocycles. The first kappa shape index (κ1) is 19.8. The summed E-state index contributed by atoms with van der Waals surface area (Å²) in [5.74, 6) is 2.06. The van der Waals surface area contributed by atoms with Crippen molar-refractivity contribution in [2.45, 2.75) is 69.7 Å². The van der Waals surface area contributed by atoms with Gasteiger partial charge in [-0.2, -0.15) is 0 Å². The van der Waals surface area contributed by atoms with Crippen molar-refractivity contribution in [3.05, 3.63) is 29.3 Å². The van der Waals surface area contributed by atoms with Crippen LogP contribution >= 0.6 is 0 Å². The summed E-state index contributed by atoms with van der Waals surface area (Å²) in [7, 11) is 3.68. The van der Waals surface area contributed by atoms with Gasteiger partial charge in [0.2, 0.25) is 5.91 Å². The molecule has 1 saturated heterocycles. The van der Waals surface area contributed by atoms with E-state index in [4.69, 9.17) is 0 Å². The highest BCUT2D eigenvalue weighted by atomic mass is 16.3. The van der Waals surface area contributed by atoms with Gasteiger partial charge in [-0.05, 0) is 80.2 Å². The van der Waals surface area contributed by atoms with Crippen LogP contribution in [0, 0.1) is 11.8 Å². The van der Waals surface area contributed by atoms with E-state index < -0.39 is 0 Å². The molecule has 4 rings (SSSR count). The molecular formula is C24H36N2O2. The van der Waals surface area contributed by atoms with E-state index in [1.54, 1.807) is 4.90 Å². The lowest BCUT2D eigenvalue weighted by Gasteiger charge is -2.57. The molecule has 28 heavy (non-hydrogen) atoms. The highest BCUT2D eigenvalue weighted by Gasteiger charge is 2.51. The minimum atomic E-state index is 0.0969. The molecule has 1 aromatic rings. The third-order valence-corrected chi connectivity index (χ3v) is 8.05. The molecule has 1 aliphatic heterocycles. The van der Waals surface area contributed by atoms with Gasteiger partial charge in [-0.1, -0.05) is 19.4 Å². The molecule has 3 atom stereocenters. The molecule has 2 bridgehead atoms. The second-order valence-electron chi connectivity index (χ2n) is 9.74. The van der Waals surface area contributed by atoms with Gasteiger partial charge in [-0.3, -0.25) is 9.69 Å². The second-order valence-corrected chi connectivity index (χ2v) is 9.74. The van der Waals surface area contributed by atoms with E-state index in [1.807, 2.05) is 26.2 Å². The highest BCUT2D eigenvalue weighted by molar-refractivity contribution is 5.75. The van der Waals surface area contributed by atoms with E-state index in [0.29, 0.717) is 24.1 Å². The van der Waals surface area contributed by atoms with Gasteiger partial charge in [-0.25, -0.2) is 0 Å². The highest BCUT2D eigenvalue weighted by Crippen LogP contribution is 2.52. The summed E-state index contributed by atoms with van der Waals surface area (Å²) >= 11 is 0. The molecule has 1 aromatic carbocycles. The maximum atomic E-state index is 12.1. The molecule has 3 aliphatic rings. The largest absolute Gasteiger partial charge is 0.508 e. The zero-order valence-corrected chi connectivity index (χ0v) is 17.8. The molecule has 1 N–H and O–H groups in total. The van der Waals surface area contributed by atoms with E-state index in [-0.39, 0.29) is 11.3 Å². The first-order chi connectivity index (χ1) is 13.4. The molecule has 2 fully saturated rings. The van der Waals surface area contributed by atoms with Crippen molar-refractivity contribution >= 4 is 5.91 Å². The van der Waals surface area contributed by atoms with Crippen LogP contribution in [-0.2, 0) is 16.6 Å². The van der Waals surface area contributed by atoms with Crippen molar-refractivity contribution in [2.24, 2.45) is 11.8 Å². The van der Waals surface area contributed by atoms with Crippen molar-refractivity contribution < 1.29 is 9.90 Å². The molecule has 1 amide bonds. The Bertz CT molecular complexity index is 727. The third-order valence-electron chi connectivity index (χ3n) is 8.05. The molecule has 0 spiro atoms. The number of hydrogen-bond donors (Lipinski definition) is 1. The predicted octanol–water partition coefficient (Wildman–Crippen LogP) is 3.96. The fourth-order valence-corrected chi connectivity index (χ4v) is 6.04. The average Bonchev–Trinajstić information content (AvgIpc) is 2.62. The number of hydrogen-bond acceptors (Lipinski definition) is 3. The summed E-state index contributed by atoms with van der Waals surface area (Å²) in [5, 5.41) is 10.2. The Hall–Kier alpha value is -1.55. The smallest absolute Gasteiger partial charge is 0.222 e. The topological polar surface area (TPSA) is 43.8 Å². The summed E-state index contributed by atoms with van der Waals surface area (Å²) < 4.78 is 0. The predicted molar refractivity (Wildman–Crippen MR) is 113 cm³/mol. The summed E-state index contributed by atoms with van der Waals surface area (Å²) in [5.41, 5.74) is 2.87. The summed E-state index contributed by atoms with van der Waals surface area (Å²) in [6.07, 6.45) is 9.03. The van der Waals surface area contributed by atoms with Gasteiger partial charge in [-0.15, -0.1) is 0 Å². The van der Waals surface area contributed by atoms with Crippen molar-refractivity contribution in [1.82, 2.24) is 9.80 Å². The molecule has 4 nitrogen and oxygen atoms in total. The zero-order chi connectivity index (χ0) is 19.9. The van der Waals surface area contributed by atoms with Gasteiger partial charge in [0.05, 0.1) is 0 Å². The number of phenolic OH excluding ortho intramolecular Hbond substituents is 1. The van der Waals surface area contributed by atoms with Gasteiger partial charge < -0.3 is 10.0 Å². The monoisotopic (exact) mass is 384 g/mol. The Kier molecular flexibility index (Phi) is 5.43. The Morgan fingerprint density at radius 3 is 2.79 bits per heavy atom. The standard InChI is InChI=1S/C24H36N2O2/c1-17-22-14-19-9-10-20(27)15-21(19)24(17,11-5-8-23(28)25(2)3)12-13-26(22)16-18-6-4-7-18/h9-10,15,17-18,22,27H,4-8,11-14,16H2,1-3H3/t17-,22+,24+/m0/s1. The summed E-state index contributed by atoms with van der Waals surface area (Å²) in [6.45, 7) is 4.85. The molecular weight excluding hydrogens is 348 g/mol. The first-order valence-corrected chi connectivity index (χ1v) is 11.2. The SMILES string of the molecule is C[C@H]1[C@H]2Cc3ccc(O)cc3[C@]1(CCCC(=O)N(C)C)CCN2CC1CCC1. The molecule has 0 radical (unpaired) electrons. The molecule has 0 aromatic heterocycles. The summed E-state index contributed by atoms with van der Waals surface area (Å²) in [6, 6.07) is 6.62. The number of carbonyl (C=O) groups is 1. The number of piperidine rings is 1. The van der Waals surface area contributed by atoms with Gasteiger partial charge in [0.15, 0.2) is 0 Å². The van der Waals surface area contributed by atoms with E-state index in [2.05, 4.69) is 17.9 Å². The van der Waals surface area contributed by atoms with E-state index in [9.17, 15) is 9.90 Å². The van der Waals surface area contributed by atoms with Crippen LogP contribution in [0.5, 0.6) is 5.75 Å². The lowest BCUT2D eigenvalue weighted by Crippen LogP contribution is -2.60. The number of benzene rings is 1. The second kappa shape index (κ2) is 7.70. The molecule has 4 heteroatoms. The number of rotatable bonds is 6. The van der Waals surface area contributed by atoms with Crippen LogP contribution in [0.2, 0.25) is 0 Å². The van der Waals surface area contributed by atoms with E-state index in [0.717, 1.165) is 38.1 Å². The fourth-order valence-electron chi connectivity index (χ4n) is 6.04. The minimum absolute atomic E-state index is 0.0969. The lowest BCUT2D eigenvalue weighted by atomic mass is 9.56. The maximum Gasteiger partial charge on any atom is 0.222 e. The number of aromatic hydroxyl groups is 1. The van der Waals surface area contributed by atoms with Crippen LogP contribution in [-0.4, -0.2) is 54.0 Å². The molecule has 1 saturated carbocycles. The van der Waals surface area contributed by atoms with Gasteiger partial charge in [0.1, 0.15) is 5.75 Å². The Labute approximate surface area is 169 Å². The van der Waals surface area contributed by atoms with E-state index in [1.165, 1.54) is 36.9 Å². The molecule has 2 aliphatic carbocycles. The van der Waals surface area contributed by atoms with Crippen LogP contribution in [0.3, 0.4) is 0 Å². The van der Waals surface area contributed by atoms with Gasteiger partial charge in [0, 0.05) is 38.5 Å². The van der Waals surface area contributed by atoms with Crippen LogP contribution in [0.25, 0.3) is 0 Å². The zero-order valence-electron chi connectivity index (χ0n) is 17.8. The lowest BCUT2D eigenvalue weighted by molar-refractivity contribution is -0.128. The molecule has 154 valence electrons. The maximum absolute atomic E-state index is 12.1. The normalized spacial score (nSPS) is 29.8. The summed E-state index contributed by atoms with van der Waals surface area (Å²) in [4.78, 5) is 16.6. The average molecular weight is 385 g/mol. The van der Waals surface area contributed by atoms with Crippen molar-refractivity contribution in [1.29, 1.82) is 0 Å². The quantitative estimate of drug-likeness (QED) is 0.807. The Morgan fingerprint density at radius 2 is 2.11 bits per heavy atom. The van der Waals surface area contributed by atoms with Gasteiger partial charge in [0.25, 0.3) is 0 Å². The first-order valence-electron chi connectivity index (χ1n) is 11.2. The van der Waals surface area contributed by atoms with Crippen molar-refractivity contribution in [3.8, 4) is 5.75 Å². The number of nitrogens with zero attached hydrogens (tertiary/aromatic N) is 2. The van der Waals surface area contributed by atoms with Crippen molar-refractivity contribution in [2.75, 3.05) is 27.2 Å². The van der Waals surface area contributed by atoms with E-state index >= 15 is 0 Å². The molecule has 0 unspecified atom stereocenters. The number of likely N-dealkylation sites (tertiary alicyclic amines) is 1. The van der Waals surface area contributed by atoms with Crippen LogP contribution in [0.1, 0.15) is 63.0 Å². The van der Waals surface area contributed by atoms with Crippen LogP contribution < -0.4 is 0 Å². The van der Waals surface area contributed by atoms with Crippen molar-refractivity contribution in [3.63, 3.8) is 0 Å². The van der Waals surface area contributed by atoms with Crippen LogP contribution in [0.4, 0.5) is 0 Å².